The number of rotatable bonds is 5. The van der Waals surface area contributed by atoms with Gasteiger partial charge in [-0.1, -0.05) is 12.1 Å². The summed E-state index contributed by atoms with van der Waals surface area (Å²) in [6, 6.07) is 16.7. The van der Waals surface area contributed by atoms with Gasteiger partial charge < -0.3 is 29.9 Å². The summed E-state index contributed by atoms with van der Waals surface area (Å²) >= 11 is 1.63. The summed E-state index contributed by atoms with van der Waals surface area (Å²) in [5.74, 6) is 2.19. The van der Waals surface area contributed by atoms with Crippen LogP contribution in [0, 0.1) is 0 Å². The molecule has 4 aromatic rings. The molecule has 1 atom stereocenters. The molecule has 1 saturated heterocycles. The molecule has 2 aromatic heterocycles. The lowest BCUT2D eigenvalue weighted by atomic mass is 10.1. The molecule has 2 aliphatic heterocycles. The van der Waals surface area contributed by atoms with Crippen molar-refractivity contribution < 1.29 is 9.47 Å². The summed E-state index contributed by atoms with van der Waals surface area (Å²) in [6.45, 7) is 2.97. The Balaban J connectivity index is 1.31. The molecule has 2 aliphatic rings. The lowest BCUT2D eigenvalue weighted by Crippen LogP contribution is -2.51. The summed E-state index contributed by atoms with van der Waals surface area (Å²) in [6.07, 6.45) is 0. The van der Waals surface area contributed by atoms with Crippen LogP contribution in [-0.2, 0) is 4.74 Å². The van der Waals surface area contributed by atoms with Crippen LogP contribution in [0.25, 0.3) is 10.2 Å². The van der Waals surface area contributed by atoms with E-state index in [-0.39, 0.29) is 6.04 Å². The number of para-hydroxylation sites is 2. The summed E-state index contributed by atoms with van der Waals surface area (Å²) in [5.41, 5.74) is 4.99. The van der Waals surface area contributed by atoms with E-state index in [0.717, 1.165) is 57.7 Å². The quantitative estimate of drug-likeness (QED) is 0.426. The van der Waals surface area contributed by atoms with E-state index in [1.54, 1.807) is 11.3 Å². The number of hydrogen-bond donors (Lipinski definition) is 2. The van der Waals surface area contributed by atoms with Gasteiger partial charge in [-0.2, -0.15) is 4.98 Å². The molecule has 0 aliphatic carbocycles. The van der Waals surface area contributed by atoms with Crippen molar-refractivity contribution in [3.05, 3.63) is 53.9 Å². The van der Waals surface area contributed by atoms with Crippen LogP contribution < -0.4 is 25.2 Å². The normalized spacial score (nSPS) is 17.0. The average molecular weight is 475 g/mol. The maximum Gasteiger partial charge on any atom is 0.229 e. The van der Waals surface area contributed by atoms with Gasteiger partial charge in [-0.05, 0) is 35.7 Å². The highest BCUT2D eigenvalue weighted by molar-refractivity contribution is 7.17. The summed E-state index contributed by atoms with van der Waals surface area (Å²) in [7, 11) is 4.07. The second kappa shape index (κ2) is 8.66. The second-order valence-electron chi connectivity index (χ2n) is 8.61. The van der Waals surface area contributed by atoms with Gasteiger partial charge in [0.05, 0.1) is 46.5 Å². The number of nitrogens with one attached hydrogen (secondary N) is 2. The van der Waals surface area contributed by atoms with Crippen LogP contribution in [0.4, 0.5) is 34.5 Å². The van der Waals surface area contributed by atoms with Crippen LogP contribution in [-0.4, -0.2) is 56.5 Å². The zero-order chi connectivity index (χ0) is 23.1. The Morgan fingerprint density at radius 3 is 2.88 bits per heavy atom. The molecule has 9 heteroatoms. The van der Waals surface area contributed by atoms with Crippen molar-refractivity contribution in [3.63, 3.8) is 0 Å². The van der Waals surface area contributed by atoms with Gasteiger partial charge in [-0.3, -0.25) is 0 Å². The second-order valence-corrected chi connectivity index (χ2v) is 9.52. The molecule has 0 spiro atoms. The minimum absolute atomic E-state index is 0.281. The van der Waals surface area contributed by atoms with Gasteiger partial charge in [-0.25, -0.2) is 4.98 Å². The van der Waals surface area contributed by atoms with E-state index in [9.17, 15) is 0 Å². The predicted molar refractivity (Wildman–Crippen MR) is 139 cm³/mol. The van der Waals surface area contributed by atoms with Crippen LogP contribution in [0.5, 0.6) is 5.75 Å². The van der Waals surface area contributed by atoms with Crippen LogP contribution in [0.1, 0.15) is 0 Å². The molecule has 6 rings (SSSR count). The van der Waals surface area contributed by atoms with Crippen LogP contribution in [0.2, 0.25) is 0 Å². The first-order valence-electron chi connectivity index (χ1n) is 11.3. The SMILES string of the molecule is CN(C)c1ccccc1Nc1nc(Nc2ccc3c(c2)OCC2COCCN32)nc2ccsc12. The van der Waals surface area contributed by atoms with E-state index in [2.05, 4.69) is 44.7 Å². The average Bonchev–Trinajstić information content (AvgIpc) is 3.33. The van der Waals surface area contributed by atoms with E-state index in [4.69, 9.17) is 19.4 Å². The van der Waals surface area contributed by atoms with Gasteiger partial charge in [0.25, 0.3) is 0 Å². The molecular weight excluding hydrogens is 448 g/mol. The Hall–Kier alpha value is -3.56. The number of aromatic nitrogens is 2. The number of anilines is 6. The number of morpholine rings is 1. The van der Waals surface area contributed by atoms with Crippen LogP contribution >= 0.6 is 11.3 Å². The fraction of sp³-hybridized carbons (Fsp3) is 0.280. The third-order valence-corrected chi connectivity index (χ3v) is 7.04. The molecule has 1 fully saturated rings. The lowest BCUT2D eigenvalue weighted by molar-refractivity contribution is 0.0705. The predicted octanol–water partition coefficient (Wildman–Crippen LogP) is 4.84. The lowest BCUT2D eigenvalue weighted by Gasteiger charge is -2.41. The highest BCUT2D eigenvalue weighted by atomic mass is 32.1. The van der Waals surface area contributed by atoms with Gasteiger partial charge in [0.15, 0.2) is 5.82 Å². The van der Waals surface area contributed by atoms with Crippen molar-refractivity contribution in [2.45, 2.75) is 6.04 Å². The molecule has 2 aromatic carbocycles. The van der Waals surface area contributed by atoms with Crippen LogP contribution in [0.15, 0.2) is 53.9 Å². The topological polar surface area (TPSA) is 74.8 Å². The monoisotopic (exact) mass is 474 g/mol. The van der Waals surface area contributed by atoms with Crippen molar-refractivity contribution in [1.82, 2.24) is 9.97 Å². The number of ether oxygens (including phenoxy) is 2. The van der Waals surface area contributed by atoms with Crippen molar-refractivity contribution in [3.8, 4) is 5.75 Å². The molecular formula is C25H26N6O2S. The molecule has 174 valence electrons. The Morgan fingerprint density at radius 2 is 1.97 bits per heavy atom. The smallest absolute Gasteiger partial charge is 0.229 e. The largest absolute Gasteiger partial charge is 0.489 e. The number of benzene rings is 2. The number of thiophene rings is 1. The molecule has 0 saturated carbocycles. The van der Waals surface area contributed by atoms with Gasteiger partial charge >= 0.3 is 0 Å². The minimum atomic E-state index is 0.281. The van der Waals surface area contributed by atoms with E-state index >= 15 is 0 Å². The van der Waals surface area contributed by atoms with Crippen molar-refractivity contribution >= 4 is 56.1 Å². The number of hydrogen-bond acceptors (Lipinski definition) is 9. The van der Waals surface area contributed by atoms with Crippen molar-refractivity contribution in [2.24, 2.45) is 0 Å². The summed E-state index contributed by atoms with van der Waals surface area (Å²) < 4.78 is 12.7. The Kier molecular flexibility index (Phi) is 5.35. The Labute approximate surface area is 202 Å². The van der Waals surface area contributed by atoms with Gasteiger partial charge in [0.1, 0.15) is 12.4 Å². The molecule has 34 heavy (non-hydrogen) atoms. The van der Waals surface area contributed by atoms with Crippen molar-refractivity contribution in [1.29, 1.82) is 0 Å². The van der Waals surface area contributed by atoms with Gasteiger partial charge in [-0.15, -0.1) is 11.3 Å². The summed E-state index contributed by atoms with van der Waals surface area (Å²) in [4.78, 5) is 14.0. The number of nitrogens with zero attached hydrogens (tertiary/aromatic N) is 4. The van der Waals surface area contributed by atoms with E-state index < -0.39 is 0 Å². The van der Waals surface area contributed by atoms with Crippen LogP contribution in [0.3, 0.4) is 0 Å². The Morgan fingerprint density at radius 1 is 1.06 bits per heavy atom. The molecule has 0 bridgehead atoms. The zero-order valence-corrected chi connectivity index (χ0v) is 19.9. The van der Waals surface area contributed by atoms with Gasteiger partial charge in [0, 0.05) is 32.4 Å². The van der Waals surface area contributed by atoms with Crippen molar-refractivity contribution in [2.75, 3.05) is 60.9 Å². The molecule has 4 heterocycles. The maximum absolute atomic E-state index is 6.05. The molecule has 0 radical (unpaired) electrons. The summed E-state index contributed by atoms with van der Waals surface area (Å²) in [5, 5.41) is 8.94. The minimum Gasteiger partial charge on any atom is -0.489 e. The molecule has 8 nitrogen and oxygen atoms in total. The van der Waals surface area contributed by atoms with E-state index in [1.807, 2.05) is 43.7 Å². The fourth-order valence-corrected chi connectivity index (χ4v) is 5.25. The first kappa shape index (κ1) is 21.0. The molecule has 0 amide bonds. The Bertz CT molecular complexity index is 1340. The van der Waals surface area contributed by atoms with E-state index in [0.29, 0.717) is 19.2 Å². The maximum atomic E-state index is 6.05. The fourth-order valence-electron chi connectivity index (χ4n) is 4.47. The highest BCUT2D eigenvalue weighted by Gasteiger charge is 2.30. The first-order valence-corrected chi connectivity index (χ1v) is 12.2. The molecule has 1 unspecified atom stereocenters. The van der Waals surface area contributed by atoms with Gasteiger partial charge in [0.2, 0.25) is 5.95 Å². The first-order chi connectivity index (χ1) is 16.7. The number of fused-ring (bicyclic) bond motifs is 4. The zero-order valence-electron chi connectivity index (χ0n) is 19.1. The standard InChI is InChI=1S/C25H26N6O2S/c1-30(2)20-6-4-3-5-18(20)27-24-23-19(9-12-34-23)28-25(29-24)26-16-7-8-21-22(13-16)33-15-17-14-32-11-10-31(17)21/h3-9,12-13,17H,10-11,14-15H2,1-2H3,(H2,26,27,28,29). The highest BCUT2D eigenvalue weighted by Crippen LogP contribution is 2.38. The molecule has 2 N–H and O–H groups in total. The third kappa shape index (κ3) is 3.86. The third-order valence-electron chi connectivity index (χ3n) is 6.13. The van der Waals surface area contributed by atoms with E-state index in [1.165, 1.54) is 0 Å².